The van der Waals surface area contributed by atoms with Crippen LogP contribution in [-0.4, -0.2) is 0 Å². The molecule has 10 aromatic carbocycles. The van der Waals surface area contributed by atoms with Crippen molar-refractivity contribution in [3.8, 4) is 45.9 Å². The lowest BCUT2D eigenvalue weighted by Crippen LogP contribution is -1.91. The van der Waals surface area contributed by atoms with Crippen molar-refractivity contribution < 1.29 is 0 Å². The van der Waals surface area contributed by atoms with Gasteiger partial charge in [-0.3, -0.25) is 0 Å². The topological polar surface area (TPSA) is 0 Å². The predicted octanol–water partition coefficient (Wildman–Crippen LogP) is 15.4. The number of benzene rings is 10. The summed E-state index contributed by atoms with van der Waals surface area (Å²) in [5, 5.41) is 10.4. The second kappa shape index (κ2) is 16.6. The third-order valence-electron chi connectivity index (χ3n) is 10.3. The molecule has 0 nitrogen and oxygen atoms in total. The van der Waals surface area contributed by atoms with E-state index in [4.69, 9.17) is 23.2 Å². The fraction of sp³-hybridized carbons (Fsp3) is 0. The normalized spacial score (nSPS) is 10.7. The van der Waals surface area contributed by atoms with Gasteiger partial charge in [0.2, 0.25) is 0 Å². The largest absolute Gasteiger partial charge is 0.0836 e. The molecule has 0 heterocycles. The van der Waals surface area contributed by atoms with Crippen LogP contribution in [0.1, 0.15) is 22.3 Å². The maximum absolute atomic E-state index is 6.77. The van der Waals surface area contributed by atoms with Crippen LogP contribution in [-0.2, 0) is 0 Å². The standard InChI is InChI=1S/C30H17Cl.C26H17Cl/c31-29-17-9-16-27-26(20-18-22-10-3-1-4-11-22)24-14-7-8-15-25(24)28(30(27)29)21-19-23-12-5-2-6-13-23;27-23-17-9-16-22-24(18-10-3-1-4-11-18)20-14-7-8-15-21(20)25(26(22)23)19-12-5-2-6-13-19/h1-17H;1-17H. The smallest absolute Gasteiger partial charge is 0.0497 e. The molecule has 0 unspecified atom stereocenters. The Kier molecular flexibility index (Phi) is 10.5. The Balaban J connectivity index is 0.000000152. The van der Waals surface area contributed by atoms with Gasteiger partial charge in [0.25, 0.3) is 0 Å². The molecular weight excluding hydrogens is 744 g/mol. The minimum absolute atomic E-state index is 0.684. The molecular formula is C56H34Cl2. The zero-order valence-corrected chi connectivity index (χ0v) is 32.9. The molecule has 10 rings (SSSR count). The quantitative estimate of drug-likeness (QED) is 0.121. The summed E-state index contributed by atoms with van der Waals surface area (Å²) in [7, 11) is 0. The lowest BCUT2D eigenvalue weighted by Gasteiger charge is -2.18. The maximum Gasteiger partial charge on any atom is 0.0497 e. The molecule has 0 aromatic heterocycles. The van der Waals surface area contributed by atoms with E-state index in [1.54, 1.807) is 0 Å². The van der Waals surface area contributed by atoms with Gasteiger partial charge in [-0.2, -0.15) is 0 Å². The lowest BCUT2D eigenvalue weighted by molar-refractivity contribution is 1.64. The summed E-state index contributed by atoms with van der Waals surface area (Å²) in [6.07, 6.45) is 0. The molecule has 0 aliphatic carbocycles. The van der Waals surface area contributed by atoms with Crippen LogP contribution < -0.4 is 0 Å². The van der Waals surface area contributed by atoms with E-state index in [2.05, 4.69) is 127 Å². The summed E-state index contributed by atoms with van der Waals surface area (Å²) in [4.78, 5) is 0. The zero-order valence-electron chi connectivity index (χ0n) is 31.4. The average molecular weight is 778 g/mol. The highest BCUT2D eigenvalue weighted by atomic mass is 35.5. The zero-order chi connectivity index (χ0) is 39.3. The van der Waals surface area contributed by atoms with Crippen molar-refractivity contribution in [3.63, 3.8) is 0 Å². The molecule has 0 N–H and O–H groups in total. The summed E-state index contributed by atoms with van der Waals surface area (Å²) in [5.74, 6) is 13.4. The number of hydrogen-bond donors (Lipinski definition) is 0. The Hall–Kier alpha value is -7.06. The molecule has 0 aliphatic heterocycles. The molecule has 58 heavy (non-hydrogen) atoms. The third kappa shape index (κ3) is 7.21. The first kappa shape index (κ1) is 36.6. The van der Waals surface area contributed by atoms with Crippen molar-refractivity contribution in [1.29, 1.82) is 0 Å². The Morgan fingerprint density at radius 1 is 0.259 bits per heavy atom. The van der Waals surface area contributed by atoms with Crippen LogP contribution in [0.4, 0.5) is 0 Å². The van der Waals surface area contributed by atoms with Crippen molar-refractivity contribution in [1.82, 2.24) is 0 Å². The number of rotatable bonds is 2. The summed E-state index contributed by atoms with van der Waals surface area (Å²) in [6.45, 7) is 0. The fourth-order valence-electron chi connectivity index (χ4n) is 7.77. The van der Waals surface area contributed by atoms with Crippen molar-refractivity contribution in [3.05, 3.63) is 239 Å². The van der Waals surface area contributed by atoms with Crippen molar-refractivity contribution >= 4 is 66.3 Å². The van der Waals surface area contributed by atoms with Gasteiger partial charge in [0.1, 0.15) is 0 Å². The van der Waals surface area contributed by atoms with E-state index in [1.807, 2.05) is 103 Å². The van der Waals surface area contributed by atoms with E-state index in [0.717, 1.165) is 54.2 Å². The summed E-state index contributed by atoms with van der Waals surface area (Å²) in [5.41, 5.74) is 8.70. The van der Waals surface area contributed by atoms with Crippen LogP contribution in [0.15, 0.2) is 206 Å². The molecule has 0 amide bonds. The monoisotopic (exact) mass is 776 g/mol. The Labute approximate surface area is 349 Å². The molecule has 0 saturated heterocycles. The van der Waals surface area contributed by atoms with Gasteiger partial charge in [0, 0.05) is 48.5 Å². The van der Waals surface area contributed by atoms with Gasteiger partial charge in [-0.1, -0.05) is 217 Å². The maximum atomic E-state index is 6.77. The summed E-state index contributed by atoms with van der Waals surface area (Å²) in [6, 6.07) is 70.2. The average Bonchev–Trinajstić information content (AvgIpc) is 3.28. The summed E-state index contributed by atoms with van der Waals surface area (Å²) >= 11 is 13.5. The van der Waals surface area contributed by atoms with Gasteiger partial charge in [-0.25, -0.2) is 0 Å². The molecule has 0 fully saturated rings. The second-order valence-corrected chi connectivity index (χ2v) is 14.7. The van der Waals surface area contributed by atoms with Gasteiger partial charge in [-0.15, -0.1) is 0 Å². The Morgan fingerprint density at radius 2 is 0.638 bits per heavy atom. The minimum Gasteiger partial charge on any atom is -0.0836 e. The van der Waals surface area contributed by atoms with Gasteiger partial charge in [-0.05, 0) is 85.6 Å². The molecule has 2 heteroatoms. The number of halogens is 2. The van der Waals surface area contributed by atoms with Gasteiger partial charge in [0.05, 0.1) is 0 Å². The van der Waals surface area contributed by atoms with Gasteiger partial charge in [0.15, 0.2) is 0 Å². The number of hydrogen-bond acceptors (Lipinski definition) is 0. The fourth-order valence-corrected chi connectivity index (χ4v) is 8.31. The number of fused-ring (bicyclic) bond motifs is 4. The van der Waals surface area contributed by atoms with E-state index in [-0.39, 0.29) is 0 Å². The molecule has 272 valence electrons. The molecule has 0 saturated carbocycles. The molecule has 10 aromatic rings. The lowest BCUT2D eigenvalue weighted by atomic mass is 9.86. The van der Waals surface area contributed by atoms with Crippen LogP contribution >= 0.6 is 23.2 Å². The molecule has 0 bridgehead atoms. The van der Waals surface area contributed by atoms with Crippen molar-refractivity contribution in [2.75, 3.05) is 0 Å². The van der Waals surface area contributed by atoms with Gasteiger partial charge >= 0.3 is 0 Å². The molecule has 0 aliphatic rings. The second-order valence-electron chi connectivity index (χ2n) is 13.9. The minimum atomic E-state index is 0.684. The highest BCUT2D eigenvalue weighted by molar-refractivity contribution is 6.39. The summed E-state index contributed by atoms with van der Waals surface area (Å²) < 4.78 is 0. The van der Waals surface area contributed by atoms with E-state index >= 15 is 0 Å². The first-order chi connectivity index (χ1) is 28.7. The molecule has 0 spiro atoms. The highest BCUT2D eigenvalue weighted by Gasteiger charge is 2.18. The van der Waals surface area contributed by atoms with Crippen LogP contribution in [0.2, 0.25) is 10.0 Å². The Morgan fingerprint density at radius 3 is 1.19 bits per heavy atom. The van der Waals surface area contributed by atoms with E-state index in [1.165, 1.54) is 38.4 Å². The van der Waals surface area contributed by atoms with Crippen LogP contribution in [0.25, 0.3) is 65.3 Å². The van der Waals surface area contributed by atoms with E-state index in [0.29, 0.717) is 5.02 Å². The molecule has 0 atom stereocenters. The predicted molar refractivity (Wildman–Crippen MR) is 249 cm³/mol. The molecule has 0 radical (unpaired) electrons. The van der Waals surface area contributed by atoms with E-state index < -0.39 is 0 Å². The van der Waals surface area contributed by atoms with Crippen molar-refractivity contribution in [2.45, 2.75) is 0 Å². The van der Waals surface area contributed by atoms with E-state index in [9.17, 15) is 0 Å². The van der Waals surface area contributed by atoms with Crippen LogP contribution in [0.3, 0.4) is 0 Å². The SMILES string of the molecule is Clc1cccc2c(-c3ccccc3)c3ccccc3c(-c3ccccc3)c12.Clc1cccc2c(C#Cc3ccccc3)c3ccccc3c(C#Cc3ccccc3)c12. The highest BCUT2D eigenvalue weighted by Crippen LogP contribution is 2.45. The van der Waals surface area contributed by atoms with Crippen LogP contribution in [0.5, 0.6) is 0 Å². The van der Waals surface area contributed by atoms with Gasteiger partial charge < -0.3 is 0 Å². The first-order valence-corrected chi connectivity index (χ1v) is 19.9. The Bertz CT molecular complexity index is 3220. The van der Waals surface area contributed by atoms with Crippen LogP contribution in [0, 0.1) is 23.7 Å². The first-order valence-electron chi connectivity index (χ1n) is 19.2. The van der Waals surface area contributed by atoms with Crippen molar-refractivity contribution in [2.24, 2.45) is 0 Å². The third-order valence-corrected chi connectivity index (χ3v) is 11.0.